The molecule has 1 unspecified atom stereocenters. The van der Waals surface area contributed by atoms with Crippen LogP contribution in [-0.4, -0.2) is 6.17 Å². The number of anilines is 1. The van der Waals surface area contributed by atoms with E-state index >= 15 is 0 Å². The lowest BCUT2D eigenvalue weighted by atomic mass is 10.0. The maximum Gasteiger partial charge on any atom is 0.116 e. The lowest BCUT2D eigenvalue weighted by Gasteiger charge is -2.21. The summed E-state index contributed by atoms with van der Waals surface area (Å²) in [4.78, 5) is 0. The van der Waals surface area contributed by atoms with Gasteiger partial charge in [0.1, 0.15) is 6.17 Å². The van der Waals surface area contributed by atoms with E-state index in [0.717, 1.165) is 10.2 Å². The predicted molar refractivity (Wildman–Crippen MR) is 88.2 cm³/mol. The van der Waals surface area contributed by atoms with E-state index in [9.17, 15) is 0 Å². The summed E-state index contributed by atoms with van der Waals surface area (Å²) in [6.07, 6.45) is 6.35. The first-order valence-electron chi connectivity index (χ1n) is 6.53. The molecule has 3 heteroatoms. The zero-order valence-corrected chi connectivity index (χ0v) is 12.5. The topological polar surface area (TPSA) is 24.1 Å². The van der Waals surface area contributed by atoms with Gasteiger partial charge < -0.3 is 10.6 Å². The fourth-order valence-electron chi connectivity index (χ4n) is 2.19. The molecule has 2 aromatic carbocycles. The molecule has 2 N–H and O–H groups in total. The molecule has 0 aromatic heterocycles. The van der Waals surface area contributed by atoms with Crippen LogP contribution in [0.4, 0.5) is 5.69 Å². The van der Waals surface area contributed by atoms with Crippen LogP contribution in [0.25, 0.3) is 5.57 Å². The molecule has 2 nitrogen and oxygen atoms in total. The molecule has 1 heterocycles. The van der Waals surface area contributed by atoms with E-state index in [1.807, 2.05) is 24.4 Å². The van der Waals surface area contributed by atoms with Gasteiger partial charge in [0.25, 0.3) is 0 Å². The largest absolute Gasteiger partial charge is 0.368 e. The average molecular weight is 327 g/mol. The molecule has 0 amide bonds. The highest BCUT2D eigenvalue weighted by Gasteiger charge is 2.09. The van der Waals surface area contributed by atoms with Crippen LogP contribution in [0.2, 0.25) is 0 Å². The van der Waals surface area contributed by atoms with Gasteiger partial charge in [-0.1, -0.05) is 52.3 Å². The molecule has 1 aliphatic heterocycles. The number of hydrogen-bond donors (Lipinski definition) is 2. The molecule has 20 heavy (non-hydrogen) atoms. The molecule has 0 bridgehead atoms. The maximum atomic E-state index is 3.49. The summed E-state index contributed by atoms with van der Waals surface area (Å²) in [6, 6.07) is 18.6. The van der Waals surface area contributed by atoms with Crippen LogP contribution in [0.3, 0.4) is 0 Å². The smallest absolute Gasteiger partial charge is 0.116 e. The Morgan fingerprint density at radius 3 is 2.65 bits per heavy atom. The second-order valence-corrected chi connectivity index (χ2v) is 5.54. The standard InChI is InChI=1S/C17H15BrN2/c18-15-7-4-8-16(12-15)20-17-11-14(9-10-19-17)13-5-2-1-3-6-13/h1-12,17,19-20H. The van der Waals surface area contributed by atoms with E-state index in [0.29, 0.717) is 0 Å². The van der Waals surface area contributed by atoms with Gasteiger partial charge in [-0.25, -0.2) is 0 Å². The van der Waals surface area contributed by atoms with Gasteiger partial charge in [-0.3, -0.25) is 0 Å². The predicted octanol–water partition coefficient (Wildman–Crippen LogP) is 4.39. The van der Waals surface area contributed by atoms with E-state index in [2.05, 4.69) is 75.1 Å². The van der Waals surface area contributed by atoms with Gasteiger partial charge in [-0.2, -0.15) is 0 Å². The molecule has 0 aliphatic carbocycles. The first-order valence-corrected chi connectivity index (χ1v) is 7.32. The highest BCUT2D eigenvalue weighted by atomic mass is 79.9. The summed E-state index contributed by atoms with van der Waals surface area (Å²) in [5.41, 5.74) is 3.53. The van der Waals surface area contributed by atoms with Gasteiger partial charge in [-0.15, -0.1) is 0 Å². The van der Waals surface area contributed by atoms with Crippen molar-refractivity contribution in [3.8, 4) is 0 Å². The summed E-state index contributed by atoms with van der Waals surface area (Å²) in [7, 11) is 0. The molecule has 0 saturated heterocycles. The van der Waals surface area contributed by atoms with Crippen LogP contribution in [0, 0.1) is 0 Å². The van der Waals surface area contributed by atoms with Crippen molar-refractivity contribution in [3.63, 3.8) is 0 Å². The summed E-state index contributed by atoms with van der Waals surface area (Å²) >= 11 is 3.49. The second kappa shape index (κ2) is 5.97. The zero-order chi connectivity index (χ0) is 13.8. The fourth-order valence-corrected chi connectivity index (χ4v) is 2.59. The lowest BCUT2D eigenvalue weighted by molar-refractivity contribution is 0.778. The molecule has 2 aromatic rings. The molecule has 0 fully saturated rings. The van der Waals surface area contributed by atoms with Crippen molar-refractivity contribution in [2.45, 2.75) is 6.17 Å². The van der Waals surface area contributed by atoms with Crippen molar-refractivity contribution in [3.05, 3.63) is 83.0 Å². The zero-order valence-electron chi connectivity index (χ0n) is 10.9. The van der Waals surface area contributed by atoms with Gasteiger partial charge in [-0.05, 0) is 47.7 Å². The van der Waals surface area contributed by atoms with Crippen molar-refractivity contribution < 1.29 is 0 Å². The highest BCUT2D eigenvalue weighted by Crippen LogP contribution is 2.21. The molecule has 0 radical (unpaired) electrons. The quantitative estimate of drug-likeness (QED) is 0.874. The molecule has 100 valence electrons. The normalized spacial score (nSPS) is 17.2. The molecule has 1 aliphatic rings. The fraction of sp³-hybridized carbons (Fsp3) is 0.0588. The van der Waals surface area contributed by atoms with Crippen LogP contribution < -0.4 is 10.6 Å². The van der Waals surface area contributed by atoms with E-state index in [4.69, 9.17) is 0 Å². The Labute approximate surface area is 127 Å². The number of benzene rings is 2. The first kappa shape index (κ1) is 13.0. The Morgan fingerprint density at radius 1 is 1.00 bits per heavy atom. The summed E-state index contributed by atoms with van der Waals surface area (Å²) < 4.78 is 1.07. The third-order valence-electron chi connectivity index (χ3n) is 3.14. The second-order valence-electron chi connectivity index (χ2n) is 4.62. The Morgan fingerprint density at radius 2 is 1.85 bits per heavy atom. The number of nitrogens with one attached hydrogen (secondary N) is 2. The first-order chi connectivity index (χ1) is 9.81. The Bertz CT molecular complexity index is 647. The summed E-state index contributed by atoms with van der Waals surface area (Å²) in [5.74, 6) is 0. The molecular formula is C17H15BrN2. The van der Waals surface area contributed by atoms with Crippen molar-refractivity contribution in [2.24, 2.45) is 0 Å². The van der Waals surface area contributed by atoms with Crippen molar-refractivity contribution in [2.75, 3.05) is 5.32 Å². The third kappa shape index (κ3) is 3.11. The van der Waals surface area contributed by atoms with E-state index in [1.54, 1.807) is 0 Å². The number of dihydropyridines is 1. The molecule has 0 saturated carbocycles. The molecule has 1 atom stereocenters. The minimum Gasteiger partial charge on any atom is -0.368 e. The van der Waals surface area contributed by atoms with Gasteiger partial charge in [0.15, 0.2) is 0 Å². The summed E-state index contributed by atoms with van der Waals surface area (Å²) in [6.45, 7) is 0. The third-order valence-corrected chi connectivity index (χ3v) is 3.63. The minimum atomic E-state index is 0.0875. The van der Waals surface area contributed by atoms with Crippen molar-refractivity contribution >= 4 is 27.2 Å². The lowest BCUT2D eigenvalue weighted by Crippen LogP contribution is -2.32. The highest BCUT2D eigenvalue weighted by molar-refractivity contribution is 9.10. The number of halogens is 1. The van der Waals surface area contributed by atoms with E-state index in [-0.39, 0.29) is 6.17 Å². The van der Waals surface area contributed by atoms with Gasteiger partial charge in [0.2, 0.25) is 0 Å². The SMILES string of the molecule is Brc1cccc(NC2C=C(c3ccccc3)C=CN2)c1. The Hall–Kier alpha value is -2.00. The van der Waals surface area contributed by atoms with Crippen molar-refractivity contribution in [1.82, 2.24) is 5.32 Å². The molecule has 0 spiro atoms. The van der Waals surface area contributed by atoms with Crippen LogP contribution in [0.1, 0.15) is 5.56 Å². The van der Waals surface area contributed by atoms with E-state index in [1.165, 1.54) is 11.1 Å². The van der Waals surface area contributed by atoms with Crippen LogP contribution in [0.15, 0.2) is 77.4 Å². The van der Waals surface area contributed by atoms with Gasteiger partial charge in [0, 0.05) is 10.2 Å². The Kier molecular flexibility index (Phi) is 3.88. The van der Waals surface area contributed by atoms with Crippen LogP contribution in [0.5, 0.6) is 0 Å². The van der Waals surface area contributed by atoms with Crippen molar-refractivity contribution in [1.29, 1.82) is 0 Å². The van der Waals surface area contributed by atoms with Crippen LogP contribution in [-0.2, 0) is 0 Å². The van der Waals surface area contributed by atoms with Crippen LogP contribution >= 0.6 is 15.9 Å². The number of allylic oxidation sites excluding steroid dienone is 2. The molecular weight excluding hydrogens is 312 g/mol. The number of rotatable bonds is 3. The van der Waals surface area contributed by atoms with Gasteiger partial charge in [0.05, 0.1) is 0 Å². The van der Waals surface area contributed by atoms with E-state index < -0.39 is 0 Å². The maximum absolute atomic E-state index is 3.49. The summed E-state index contributed by atoms with van der Waals surface area (Å²) in [5, 5.41) is 6.76. The van der Waals surface area contributed by atoms with Gasteiger partial charge >= 0.3 is 0 Å². The molecule has 3 rings (SSSR count). The minimum absolute atomic E-state index is 0.0875. The Balaban J connectivity index is 1.79. The monoisotopic (exact) mass is 326 g/mol. The average Bonchev–Trinajstić information content (AvgIpc) is 2.48. The number of hydrogen-bond acceptors (Lipinski definition) is 2.